The standard InChI is InChI=1S/C8H16N2/c1-2-5-10-6-4-9-7-8(10)3-1/h8-9H,1-7H2/p+2. The zero-order valence-electron chi connectivity index (χ0n) is 6.60. The number of quaternary nitrogens is 2. The summed E-state index contributed by atoms with van der Waals surface area (Å²) in [7, 11) is 0. The number of piperidine rings is 1. The first-order valence-electron chi connectivity index (χ1n) is 4.63. The summed E-state index contributed by atoms with van der Waals surface area (Å²) in [5, 5.41) is 2.49. The molecule has 0 radical (unpaired) electrons. The van der Waals surface area contributed by atoms with Crippen LogP contribution in [0.3, 0.4) is 0 Å². The first-order chi connectivity index (χ1) is 4.97. The highest BCUT2D eigenvalue weighted by Crippen LogP contribution is 2.01. The lowest BCUT2D eigenvalue weighted by Gasteiger charge is -2.34. The van der Waals surface area contributed by atoms with Crippen molar-refractivity contribution in [2.24, 2.45) is 0 Å². The van der Waals surface area contributed by atoms with E-state index >= 15 is 0 Å². The molecular formula is C8H18N2+2. The van der Waals surface area contributed by atoms with Gasteiger partial charge in [0.15, 0.2) is 0 Å². The van der Waals surface area contributed by atoms with E-state index in [0.717, 1.165) is 6.04 Å². The lowest BCUT2D eigenvalue weighted by Crippen LogP contribution is -3.24. The predicted octanol–water partition coefficient (Wildman–Crippen LogP) is -2.00. The van der Waals surface area contributed by atoms with Crippen molar-refractivity contribution in [3.8, 4) is 0 Å². The summed E-state index contributed by atoms with van der Waals surface area (Å²) in [6, 6.07) is 1.02. The summed E-state index contributed by atoms with van der Waals surface area (Å²) in [6.45, 7) is 5.64. The van der Waals surface area contributed by atoms with Gasteiger partial charge in [-0.05, 0) is 12.8 Å². The van der Waals surface area contributed by atoms with Crippen LogP contribution < -0.4 is 10.2 Å². The SMILES string of the molecule is C1CC[NH+]2CC[NH2+]CC2C1. The van der Waals surface area contributed by atoms with Gasteiger partial charge in [0.25, 0.3) is 0 Å². The molecule has 0 aliphatic carbocycles. The van der Waals surface area contributed by atoms with Gasteiger partial charge in [0.05, 0.1) is 6.54 Å². The molecular weight excluding hydrogens is 124 g/mol. The third kappa shape index (κ3) is 1.18. The monoisotopic (exact) mass is 142 g/mol. The Morgan fingerprint density at radius 3 is 3.10 bits per heavy atom. The fourth-order valence-corrected chi connectivity index (χ4v) is 2.37. The molecule has 0 amide bonds. The third-order valence-electron chi connectivity index (χ3n) is 3.00. The summed E-state index contributed by atoms with van der Waals surface area (Å²) in [5.74, 6) is 0. The average molecular weight is 142 g/mol. The van der Waals surface area contributed by atoms with Crippen LogP contribution in [0.15, 0.2) is 0 Å². The molecule has 0 bridgehead atoms. The van der Waals surface area contributed by atoms with Crippen LogP contribution in [-0.2, 0) is 0 Å². The molecule has 0 aromatic rings. The molecule has 10 heavy (non-hydrogen) atoms. The Labute approximate surface area is 62.6 Å². The maximum absolute atomic E-state index is 2.49. The molecule has 2 heterocycles. The quantitative estimate of drug-likeness (QED) is 0.390. The highest BCUT2D eigenvalue weighted by atomic mass is 15.2. The number of rotatable bonds is 0. The van der Waals surface area contributed by atoms with Gasteiger partial charge in [-0.1, -0.05) is 0 Å². The van der Waals surface area contributed by atoms with Crippen LogP contribution in [0, 0.1) is 0 Å². The first kappa shape index (κ1) is 6.62. The molecule has 2 aliphatic heterocycles. The fourth-order valence-electron chi connectivity index (χ4n) is 2.37. The lowest BCUT2D eigenvalue weighted by molar-refractivity contribution is -0.975. The molecule has 0 spiro atoms. The van der Waals surface area contributed by atoms with Gasteiger partial charge in [0, 0.05) is 6.42 Å². The molecule has 0 aromatic carbocycles. The first-order valence-corrected chi connectivity index (χ1v) is 4.63. The van der Waals surface area contributed by atoms with Gasteiger partial charge >= 0.3 is 0 Å². The molecule has 2 heteroatoms. The number of nitrogens with one attached hydrogen (secondary N) is 1. The number of fused-ring (bicyclic) bond motifs is 1. The molecule has 2 aliphatic rings. The molecule has 2 atom stereocenters. The van der Waals surface area contributed by atoms with E-state index < -0.39 is 0 Å². The summed E-state index contributed by atoms with van der Waals surface area (Å²) in [5.41, 5.74) is 0. The van der Waals surface area contributed by atoms with E-state index in [1.54, 1.807) is 0 Å². The molecule has 58 valence electrons. The molecule has 2 saturated heterocycles. The number of piperazine rings is 1. The van der Waals surface area contributed by atoms with Crippen molar-refractivity contribution in [2.45, 2.75) is 25.3 Å². The Balaban J connectivity index is 1.93. The molecule has 2 rings (SSSR count). The van der Waals surface area contributed by atoms with Crippen LogP contribution in [0.25, 0.3) is 0 Å². The normalized spacial score (nSPS) is 40.8. The van der Waals surface area contributed by atoms with E-state index in [-0.39, 0.29) is 0 Å². The number of hydrogen-bond donors (Lipinski definition) is 2. The van der Waals surface area contributed by atoms with Crippen LogP contribution >= 0.6 is 0 Å². The van der Waals surface area contributed by atoms with Crippen LogP contribution in [0.5, 0.6) is 0 Å². The Bertz CT molecular complexity index is 87.8. The molecule has 2 fully saturated rings. The zero-order chi connectivity index (χ0) is 6.81. The van der Waals surface area contributed by atoms with Crippen LogP contribution in [0.4, 0.5) is 0 Å². The van der Waals surface area contributed by atoms with E-state index in [1.165, 1.54) is 45.4 Å². The van der Waals surface area contributed by atoms with Crippen LogP contribution in [0.2, 0.25) is 0 Å². The van der Waals surface area contributed by atoms with Gasteiger partial charge in [0.2, 0.25) is 0 Å². The fraction of sp³-hybridized carbons (Fsp3) is 1.00. The predicted molar refractivity (Wildman–Crippen MR) is 40.0 cm³/mol. The highest BCUT2D eigenvalue weighted by molar-refractivity contribution is 4.60. The summed E-state index contributed by atoms with van der Waals surface area (Å²) >= 11 is 0. The molecule has 0 saturated carbocycles. The van der Waals surface area contributed by atoms with Crippen molar-refractivity contribution in [1.29, 1.82) is 0 Å². The van der Waals surface area contributed by atoms with E-state index in [0.29, 0.717) is 0 Å². The van der Waals surface area contributed by atoms with Crippen molar-refractivity contribution in [1.82, 2.24) is 0 Å². The Morgan fingerprint density at radius 2 is 2.20 bits per heavy atom. The smallest absolute Gasteiger partial charge is 0.137 e. The van der Waals surface area contributed by atoms with Crippen molar-refractivity contribution >= 4 is 0 Å². The molecule has 0 aromatic heterocycles. The summed E-state index contributed by atoms with van der Waals surface area (Å²) in [6.07, 6.45) is 4.46. The van der Waals surface area contributed by atoms with E-state index in [4.69, 9.17) is 0 Å². The van der Waals surface area contributed by atoms with E-state index in [9.17, 15) is 0 Å². The summed E-state index contributed by atoms with van der Waals surface area (Å²) < 4.78 is 0. The number of nitrogens with two attached hydrogens (primary N) is 1. The summed E-state index contributed by atoms with van der Waals surface area (Å²) in [4.78, 5) is 1.90. The maximum atomic E-state index is 2.49. The second-order valence-electron chi connectivity index (χ2n) is 3.66. The minimum absolute atomic E-state index is 1.02. The van der Waals surface area contributed by atoms with Gasteiger partial charge in [-0.2, -0.15) is 0 Å². The Morgan fingerprint density at radius 1 is 1.20 bits per heavy atom. The molecule has 2 unspecified atom stereocenters. The van der Waals surface area contributed by atoms with Gasteiger partial charge in [-0.3, -0.25) is 0 Å². The lowest BCUT2D eigenvalue weighted by atomic mass is 10.0. The van der Waals surface area contributed by atoms with Crippen molar-refractivity contribution in [3.05, 3.63) is 0 Å². The Kier molecular flexibility index (Phi) is 1.91. The van der Waals surface area contributed by atoms with Crippen LogP contribution in [0.1, 0.15) is 19.3 Å². The maximum Gasteiger partial charge on any atom is 0.137 e. The minimum Gasteiger partial charge on any atom is -0.337 e. The van der Waals surface area contributed by atoms with Crippen molar-refractivity contribution < 1.29 is 10.2 Å². The van der Waals surface area contributed by atoms with Gasteiger partial charge < -0.3 is 10.2 Å². The second-order valence-corrected chi connectivity index (χ2v) is 3.66. The largest absolute Gasteiger partial charge is 0.337 e. The molecule has 2 nitrogen and oxygen atoms in total. The average Bonchev–Trinajstić information content (AvgIpc) is 2.05. The molecule has 3 N–H and O–H groups in total. The van der Waals surface area contributed by atoms with E-state index in [2.05, 4.69) is 5.32 Å². The van der Waals surface area contributed by atoms with Crippen molar-refractivity contribution in [2.75, 3.05) is 26.2 Å². The van der Waals surface area contributed by atoms with Gasteiger partial charge in [-0.25, -0.2) is 0 Å². The zero-order valence-corrected chi connectivity index (χ0v) is 6.60. The van der Waals surface area contributed by atoms with E-state index in [1.807, 2.05) is 4.90 Å². The van der Waals surface area contributed by atoms with Gasteiger partial charge in [0.1, 0.15) is 25.7 Å². The van der Waals surface area contributed by atoms with Gasteiger partial charge in [-0.15, -0.1) is 0 Å². The second kappa shape index (κ2) is 2.89. The van der Waals surface area contributed by atoms with Crippen molar-refractivity contribution in [3.63, 3.8) is 0 Å². The number of hydrogen-bond acceptors (Lipinski definition) is 0. The van der Waals surface area contributed by atoms with Crippen LogP contribution in [-0.4, -0.2) is 32.2 Å². The highest BCUT2D eigenvalue weighted by Gasteiger charge is 2.30. The minimum atomic E-state index is 1.02. The Hall–Kier alpha value is -0.0800. The third-order valence-corrected chi connectivity index (χ3v) is 3.00. The topological polar surface area (TPSA) is 21.1 Å².